The van der Waals surface area contributed by atoms with Crippen LogP contribution < -0.4 is 0 Å². The summed E-state index contributed by atoms with van der Waals surface area (Å²) in [5.41, 5.74) is 2.72. The zero-order chi connectivity index (χ0) is 22.7. The van der Waals surface area contributed by atoms with Gasteiger partial charge in [0.05, 0.1) is 0 Å². The van der Waals surface area contributed by atoms with Crippen molar-refractivity contribution in [2.24, 2.45) is 0 Å². The minimum Gasteiger partial charge on any atom is -0.339 e. The molecular weight excluding hydrogens is 446 g/mol. The van der Waals surface area contributed by atoms with Gasteiger partial charge in [-0.2, -0.15) is 5.10 Å². The van der Waals surface area contributed by atoms with Gasteiger partial charge in [-0.3, -0.25) is 19.3 Å². The Kier molecular flexibility index (Phi) is 6.72. The van der Waals surface area contributed by atoms with Gasteiger partial charge >= 0.3 is 0 Å². The average molecular weight is 470 g/mol. The number of hydrogen-bond donors (Lipinski definition) is 1. The summed E-state index contributed by atoms with van der Waals surface area (Å²) in [6, 6.07) is 14.9. The number of carbonyl (C=O) groups is 2. The van der Waals surface area contributed by atoms with Crippen LogP contribution in [-0.4, -0.2) is 62.6 Å². The third-order valence-corrected chi connectivity index (χ3v) is 6.19. The Hall–Kier alpha value is -2.97. The molecule has 32 heavy (non-hydrogen) atoms. The van der Waals surface area contributed by atoms with Gasteiger partial charge < -0.3 is 9.80 Å². The van der Waals surface area contributed by atoms with Crippen molar-refractivity contribution in [3.8, 4) is 11.4 Å². The van der Waals surface area contributed by atoms with Crippen LogP contribution in [0.15, 0.2) is 48.5 Å². The molecule has 0 spiro atoms. The largest absolute Gasteiger partial charge is 0.339 e. The van der Waals surface area contributed by atoms with Crippen LogP contribution in [0.4, 0.5) is 0 Å². The van der Waals surface area contributed by atoms with Crippen LogP contribution in [0.5, 0.6) is 0 Å². The lowest BCUT2D eigenvalue weighted by Crippen LogP contribution is -2.50. The van der Waals surface area contributed by atoms with Crippen LogP contribution in [-0.2, 0) is 11.3 Å². The van der Waals surface area contributed by atoms with Crippen molar-refractivity contribution < 1.29 is 9.59 Å². The van der Waals surface area contributed by atoms with Crippen molar-refractivity contribution >= 4 is 35.6 Å². The molecule has 3 aromatic rings. The first-order valence-corrected chi connectivity index (χ1v) is 11.3. The summed E-state index contributed by atoms with van der Waals surface area (Å²) in [6.07, 6.45) is 0.317. The molecule has 1 N–H and O–H groups in total. The van der Waals surface area contributed by atoms with Gasteiger partial charge in [0.1, 0.15) is 0 Å². The highest BCUT2D eigenvalue weighted by Gasteiger charge is 2.25. The van der Waals surface area contributed by atoms with E-state index in [1.54, 1.807) is 34.1 Å². The van der Waals surface area contributed by atoms with Crippen LogP contribution in [0.25, 0.3) is 11.4 Å². The number of piperazine rings is 1. The Morgan fingerprint density at radius 2 is 1.62 bits per heavy atom. The maximum Gasteiger partial charge on any atom is 0.253 e. The predicted octanol–water partition coefficient (Wildman–Crippen LogP) is 3.94. The molecule has 1 fully saturated rings. The van der Waals surface area contributed by atoms with Crippen LogP contribution >= 0.6 is 23.8 Å². The van der Waals surface area contributed by atoms with Crippen molar-refractivity contribution in [1.82, 2.24) is 24.6 Å². The van der Waals surface area contributed by atoms with E-state index in [2.05, 4.69) is 10.2 Å². The molecule has 1 aromatic heterocycles. The van der Waals surface area contributed by atoms with Gasteiger partial charge in [0.2, 0.25) is 5.91 Å². The number of nitrogens with zero attached hydrogens (tertiary/aromatic N) is 4. The highest BCUT2D eigenvalue weighted by molar-refractivity contribution is 7.71. The average Bonchev–Trinajstić information content (AvgIpc) is 3.18. The molecule has 0 saturated carbocycles. The van der Waals surface area contributed by atoms with Gasteiger partial charge in [0.15, 0.2) is 10.6 Å². The van der Waals surface area contributed by atoms with E-state index in [9.17, 15) is 9.59 Å². The molecule has 2 amide bonds. The molecule has 1 aliphatic heterocycles. The minimum atomic E-state index is -0.0405. The summed E-state index contributed by atoms with van der Waals surface area (Å²) in [5, 5.41) is 7.76. The van der Waals surface area contributed by atoms with Crippen molar-refractivity contribution in [3.05, 3.63) is 69.5 Å². The van der Waals surface area contributed by atoms with E-state index in [1.165, 1.54) is 5.56 Å². The summed E-state index contributed by atoms with van der Waals surface area (Å²) in [6.45, 7) is 4.52. The second kappa shape index (κ2) is 9.67. The zero-order valence-electron chi connectivity index (χ0n) is 17.8. The van der Waals surface area contributed by atoms with E-state index in [4.69, 9.17) is 23.8 Å². The Morgan fingerprint density at radius 1 is 1.00 bits per heavy atom. The maximum atomic E-state index is 12.8. The SMILES string of the molecule is Cc1ccc(-c2n[nH]c(=S)n2CCC(=O)N2CCN(C(=O)c3ccc(Cl)cc3)CC2)cc1. The molecule has 0 aliphatic carbocycles. The lowest BCUT2D eigenvalue weighted by molar-refractivity contribution is -0.132. The number of halogens is 1. The molecule has 7 nitrogen and oxygen atoms in total. The van der Waals surface area contributed by atoms with E-state index in [1.807, 2.05) is 35.8 Å². The molecule has 4 rings (SSSR count). The Balaban J connectivity index is 1.34. The van der Waals surface area contributed by atoms with Gasteiger partial charge in [0, 0.05) is 55.3 Å². The normalized spacial score (nSPS) is 13.9. The topological polar surface area (TPSA) is 74.2 Å². The fraction of sp³-hybridized carbons (Fsp3) is 0.304. The number of aryl methyl sites for hydroxylation is 1. The predicted molar refractivity (Wildman–Crippen MR) is 126 cm³/mol. The van der Waals surface area contributed by atoms with Crippen molar-refractivity contribution in [1.29, 1.82) is 0 Å². The molecule has 2 aromatic carbocycles. The number of nitrogens with one attached hydrogen (secondary N) is 1. The summed E-state index contributed by atoms with van der Waals surface area (Å²) in [5.74, 6) is 0.726. The number of aromatic amines is 1. The third kappa shape index (κ3) is 4.92. The van der Waals surface area contributed by atoms with E-state index in [0.717, 1.165) is 11.4 Å². The monoisotopic (exact) mass is 469 g/mol. The second-order valence-electron chi connectivity index (χ2n) is 7.80. The molecule has 166 valence electrons. The van der Waals surface area contributed by atoms with Crippen LogP contribution in [0.1, 0.15) is 22.3 Å². The van der Waals surface area contributed by atoms with Gasteiger partial charge in [-0.1, -0.05) is 41.4 Å². The zero-order valence-corrected chi connectivity index (χ0v) is 19.3. The Morgan fingerprint density at radius 3 is 2.28 bits per heavy atom. The second-order valence-corrected chi connectivity index (χ2v) is 8.62. The van der Waals surface area contributed by atoms with E-state index < -0.39 is 0 Å². The molecule has 1 saturated heterocycles. The van der Waals surface area contributed by atoms with Crippen LogP contribution in [0.3, 0.4) is 0 Å². The van der Waals surface area contributed by atoms with Crippen molar-refractivity contribution in [2.75, 3.05) is 26.2 Å². The highest BCUT2D eigenvalue weighted by Crippen LogP contribution is 2.19. The molecular formula is C23H24ClN5O2S. The summed E-state index contributed by atoms with van der Waals surface area (Å²) < 4.78 is 2.35. The Bertz CT molecular complexity index is 1160. The molecule has 0 bridgehead atoms. The van der Waals surface area contributed by atoms with E-state index in [0.29, 0.717) is 54.5 Å². The minimum absolute atomic E-state index is 0.0405. The number of H-pyrrole nitrogens is 1. The number of rotatable bonds is 5. The standard InChI is InChI=1S/C23H24ClN5O2S/c1-16-2-4-17(5-3-16)21-25-26-23(32)29(21)11-10-20(30)27-12-14-28(15-13-27)22(31)18-6-8-19(24)9-7-18/h2-9H,10-15H2,1H3,(H,26,32). The van der Waals surface area contributed by atoms with Gasteiger partial charge in [-0.25, -0.2) is 0 Å². The number of hydrogen-bond acceptors (Lipinski definition) is 4. The highest BCUT2D eigenvalue weighted by atomic mass is 35.5. The lowest BCUT2D eigenvalue weighted by atomic mass is 10.1. The maximum absolute atomic E-state index is 12.8. The molecule has 2 heterocycles. The van der Waals surface area contributed by atoms with Gasteiger partial charge in [-0.05, 0) is 43.4 Å². The first kappa shape index (κ1) is 22.2. The van der Waals surface area contributed by atoms with Crippen molar-refractivity contribution in [3.63, 3.8) is 0 Å². The van der Waals surface area contributed by atoms with Gasteiger partial charge in [-0.15, -0.1) is 0 Å². The van der Waals surface area contributed by atoms with Gasteiger partial charge in [0.25, 0.3) is 5.91 Å². The fourth-order valence-electron chi connectivity index (χ4n) is 3.75. The van der Waals surface area contributed by atoms with E-state index >= 15 is 0 Å². The first-order chi connectivity index (χ1) is 15.4. The molecule has 0 atom stereocenters. The first-order valence-electron chi connectivity index (χ1n) is 10.5. The quantitative estimate of drug-likeness (QED) is 0.574. The lowest BCUT2D eigenvalue weighted by Gasteiger charge is -2.35. The Labute approximate surface area is 196 Å². The summed E-state index contributed by atoms with van der Waals surface area (Å²) in [4.78, 5) is 29.0. The number of amides is 2. The third-order valence-electron chi connectivity index (χ3n) is 5.63. The molecule has 9 heteroatoms. The summed E-state index contributed by atoms with van der Waals surface area (Å²) >= 11 is 11.3. The van der Waals surface area contributed by atoms with Crippen LogP contribution in [0, 0.1) is 11.7 Å². The molecule has 0 radical (unpaired) electrons. The van der Waals surface area contributed by atoms with E-state index in [-0.39, 0.29) is 11.8 Å². The number of benzene rings is 2. The van der Waals surface area contributed by atoms with Crippen molar-refractivity contribution in [2.45, 2.75) is 19.9 Å². The smallest absolute Gasteiger partial charge is 0.253 e. The fourth-order valence-corrected chi connectivity index (χ4v) is 4.10. The van der Waals surface area contributed by atoms with Crippen LogP contribution in [0.2, 0.25) is 5.02 Å². The number of carbonyl (C=O) groups excluding carboxylic acids is 2. The summed E-state index contributed by atoms with van der Waals surface area (Å²) in [7, 11) is 0. The molecule has 0 unspecified atom stereocenters. The molecule has 1 aliphatic rings. The number of aromatic nitrogens is 3.